The molecule has 8 nitrogen and oxygen atoms in total. The molecule has 1 fully saturated rings. The van der Waals surface area contributed by atoms with Crippen LogP contribution < -0.4 is 11.1 Å². The second kappa shape index (κ2) is 7.72. The van der Waals surface area contributed by atoms with Gasteiger partial charge in [0.2, 0.25) is 5.91 Å². The van der Waals surface area contributed by atoms with E-state index in [1.807, 2.05) is 6.92 Å². The second-order valence-electron chi connectivity index (χ2n) is 7.76. The number of nitrogens with zero attached hydrogens (tertiary/aromatic N) is 5. The summed E-state index contributed by atoms with van der Waals surface area (Å²) >= 11 is 0. The maximum Gasteiger partial charge on any atom is 0.242 e. The Bertz CT molecular complexity index is 803. The number of nitrogens with one attached hydrogen (secondary N) is 1. The summed E-state index contributed by atoms with van der Waals surface area (Å²) in [4.78, 5) is 14.8. The first-order chi connectivity index (χ1) is 13.1. The molecule has 2 aromatic heterocycles. The molecule has 0 unspecified atom stereocenters. The quantitative estimate of drug-likeness (QED) is 0.829. The predicted molar refractivity (Wildman–Crippen MR) is 103 cm³/mol. The van der Waals surface area contributed by atoms with Crippen LogP contribution in [0.4, 0.5) is 5.82 Å². The Morgan fingerprint density at radius 2 is 2.04 bits per heavy atom. The van der Waals surface area contributed by atoms with Crippen molar-refractivity contribution in [3.63, 3.8) is 0 Å². The Balaban J connectivity index is 1.31. The van der Waals surface area contributed by atoms with Crippen molar-refractivity contribution in [2.45, 2.75) is 71.2 Å². The largest absolute Gasteiger partial charge is 0.384 e. The zero-order chi connectivity index (χ0) is 18.8. The molecule has 0 atom stereocenters. The molecule has 146 valence electrons. The SMILES string of the molecule is Cc1cc(N)n(CC(=O)NCc2cc3n(n2)CCN(C2CCCCC2)C3)n1. The lowest BCUT2D eigenvalue weighted by Crippen LogP contribution is -2.42. The van der Waals surface area contributed by atoms with Gasteiger partial charge < -0.3 is 11.1 Å². The molecule has 0 saturated heterocycles. The van der Waals surface area contributed by atoms with Crippen LogP contribution in [0, 0.1) is 6.92 Å². The number of hydrogen-bond donors (Lipinski definition) is 2. The number of fused-ring (bicyclic) bond motifs is 1. The Labute approximate surface area is 159 Å². The third-order valence-electron chi connectivity index (χ3n) is 5.66. The van der Waals surface area contributed by atoms with E-state index >= 15 is 0 Å². The van der Waals surface area contributed by atoms with E-state index in [9.17, 15) is 4.79 Å². The second-order valence-corrected chi connectivity index (χ2v) is 7.76. The lowest BCUT2D eigenvalue weighted by atomic mass is 9.94. The van der Waals surface area contributed by atoms with E-state index in [1.165, 1.54) is 42.5 Å². The molecule has 1 amide bonds. The first-order valence-electron chi connectivity index (χ1n) is 9.95. The molecule has 0 spiro atoms. The fourth-order valence-corrected chi connectivity index (χ4v) is 4.26. The van der Waals surface area contributed by atoms with Gasteiger partial charge in [-0.05, 0) is 25.8 Å². The van der Waals surface area contributed by atoms with Gasteiger partial charge in [0.25, 0.3) is 0 Å². The standard InChI is InChI=1S/C19H29N7O/c1-14-9-18(20)26(22-14)13-19(27)21-11-15-10-17-12-24(7-8-25(17)23-15)16-5-3-2-4-6-16/h9-10,16H,2-8,11-13,20H2,1H3,(H,21,27). The molecule has 4 rings (SSSR count). The summed E-state index contributed by atoms with van der Waals surface area (Å²) in [6.07, 6.45) is 6.76. The fraction of sp³-hybridized carbons (Fsp3) is 0.632. The van der Waals surface area contributed by atoms with Gasteiger partial charge >= 0.3 is 0 Å². The molecular weight excluding hydrogens is 342 g/mol. The predicted octanol–water partition coefficient (Wildman–Crippen LogP) is 1.43. The zero-order valence-electron chi connectivity index (χ0n) is 16.0. The Hall–Kier alpha value is -2.35. The van der Waals surface area contributed by atoms with Gasteiger partial charge in [-0.15, -0.1) is 0 Å². The van der Waals surface area contributed by atoms with E-state index in [-0.39, 0.29) is 12.5 Å². The number of aryl methyl sites for hydroxylation is 1. The van der Waals surface area contributed by atoms with Gasteiger partial charge in [-0.1, -0.05) is 19.3 Å². The number of aromatic nitrogens is 4. The highest BCUT2D eigenvalue weighted by Crippen LogP contribution is 2.26. The molecule has 1 aliphatic carbocycles. The van der Waals surface area contributed by atoms with E-state index < -0.39 is 0 Å². The van der Waals surface area contributed by atoms with Crippen LogP contribution in [-0.4, -0.2) is 43.0 Å². The van der Waals surface area contributed by atoms with Crippen LogP contribution in [0.2, 0.25) is 0 Å². The Morgan fingerprint density at radius 1 is 1.22 bits per heavy atom. The highest BCUT2D eigenvalue weighted by atomic mass is 16.2. The first-order valence-corrected chi connectivity index (χ1v) is 9.95. The lowest BCUT2D eigenvalue weighted by Gasteiger charge is -2.36. The van der Waals surface area contributed by atoms with Crippen molar-refractivity contribution >= 4 is 11.7 Å². The highest BCUT2D eigenvalue weighted by Gasteiger charge is 2.26. The van der Waals surface area contributed by atoms with Gasteiger partial charge in [0, 0.05) is 25.2 Å². The van der Waals surface area contributed by atoms with E-state index in [2.05, 4.69) is 31.2 Å². The van der Waals surface area contributed by atoms with Crippen LogP contribution in [-0.2, 0) is 31.0 Å². The fourth-order valence-electron chi connectivity index (χ4n) is 4.26. The average Bonchev–Trinajstić information content (AvgIpc) is 3.22. The minimum Gasteiger partial charge on any atom is -0.384 e. The van der Waals surface area contributed by atoms with Gasteiger partial charge in [0.05, 0.1) is 30.2 Å². The maximum absolute atomic E-state index is 12.2. The molecule has 0 radical (unpaired) electrons. The molecule has 0 aromatic carbocycles. The number of nitrogen functional groups attached to an aromatic ring is 1. The molecule has 0 bridgehead atoms. The number of amides is 1. The van der Waals surface area contributed by atoms with Crippen molar-refractivity contribution in [2.24, 2.45) is 0 Å². The van der Waals surface area contributed by atoms with Crippen molar-refractivity contribution < 1.29 is 4.79 Å². The maximum atomic E-state index is 12.2. The van der Waals surface area contributed by atoms with Gasteiger partial charge in [-0.25, -0.2) is 4.68 Å². The topological polar surface area (TPSA) is 94.0 Å². The van der Waals surface area contributed by atoms with Crippen LogP contribution in [0.5, 0.6) is 0 Å². The molecule has 27 heavy (non-hydrogen) atoms. The third-order valence-corrected chi connectivity index (χ3v) is 5.66. The monoisotopic (exact) mass is 371 g/mol. The van der Waals surface area contributed by atoms with Gasteiger partial charge in [-0.3, -0.25) is 14.4 Å². The minimum atomic E-state index is -0.111. The van der Waals surface area contributed by atoms with E-state index in [4.69, 9.17) is 5.73 Å². The van der Waals surface area contributed by atoms with Crippen molar-refractivity contribution in [1.29, 1.82) is 0 Å². The van der Waals surface area contributed by atoms with Crippen molar-refractivity contribution in [2.75, 3.05) is 12.3 Å². The van der Waals surface area contributed by atoms with Crippen LogP contribution in [0.25, 0.3) is 0 Å². The highest BCUT2D eigenvalue weighted by molar-refractivity contribution is 5.76. The van der Waals surface area contributed by atoms with Crippen molar-refractivity contribution in [3.05, 3.63) is 29.2 Å². The summed E-state index contributed by atoms with van der Waals surface area (Å²) in [5.41, 5.74) is 8.81. The number of rotatable bonds is 5. The zero-order valence-corrected chi connectivity index (χ0v) is 16.0. The summed E-state index contributed by atoms with van der Waals surface area (Å²) in [6.45, 7) is 5.39. The van der Waals surface area contributed by atoms with Crippen LogP contribution in [0.3, 0.4) is 0 Å². The summed E-state index contributed by atoms with van der Waals surface area (Å²) in [5, 5.41) is 11.8. The average molecular weight is 371 g/mol. The normalized spacial score (nSPS) is 18.4. The van der Waals surface area contributed by atoms with Gasteiger partial charge in [0.15, 0.2) is 0 Å². The first kappa shape index (κ1) is 18.0. The van der Waals surface area contributed by atoms with Gasteiger partial charge in [-0.2, -0.15) is 10.2 Å². The summed E-state index contributed by atoms with van der Waals surface area (Å²) < 4.78 is 3.61. The Morgan fingerprint density at radius 3 is 2.78 bits per heavy atom. The molecule has 3 heterocycles. The summed E-state index contributed by atoms with van der Waals surface area (Å²) in [6, 6.07) is 4.62. The van der Waals surface area contributed by atoms with Gasteiger partial charge in [0.1, 0.15) is 12.4 Å². The number of nitrogens with two attached hydrogens (primary N) is 1. The van der Waals surface area contributed by atoms with Crippen LogP contribution in [0.1, 0.15) is 49.2 Å². The third kappa shape index (κ3) is 4.16. The van der Waals surface area contributed by atoms with Crippen LogP contribution in [0.15, 0.2) is 12.1 Å². The van der Waals surface area contributed by atoms with E-state index in [0.717, 1.165) is 37.1 Å². The summed E-state index contributed by atoms with van der Waals surface area (Å²) in [7, 11) is 0. The molecule has 1 aliphatic heterocycles. The van der Waals surface area contributed by atoms with E-state index in [0.29, 0.717) is 12.4 Å². The molecule has 2 aliphatic rings. The molecule has 3 N–H and O–H groups in total. The molecular formula is C19H29N7O. The van der Waals surface area contributed by atoms with E-state index in [1.54, 1.807) is 6.07 Å². The molecule has 8 heteroatoms. The number of hydrogen-bond acceptors (Lipinski definition) is 5. The van der Waals surface area contributed by atoms with Crippen molar-refractivity contribution in [1.82, 2.24) is 29.8 Å². The molecule has 1 saturated carbocycles. The molecule has 2 aromatic rings. The van der Waals surface area contributed by atoms with Crippen LogP contribution >= 0.6 is 0 Å². The minimum absolute atomic E-state index is 0.111. The lowest BCUT2D eigenvalue weighted by molar-refractivity contribution is -0.122. The number of anilines is 1. The Kier molecular flexibility index (Phi) is 5.15. The smallest absolute Gasteiger partial charge is 0.242 e. The van der Waals surface area contributed by atoms with Crippen molar-refractivity contribution in [3.8, 4) is 0 Å². The number of carbonyl (C=O) groups is 1. The number of carbonyl (C=O) groups excluding carboxylic acids is 1. The summed E-state index contributed by atoms with van der Waals surface area (Å²) in [5.74, 6) is 0.391.